The van der Waals surface area contributed by atoms with E-state index < -0.39 is 0 Å². The van der Waals surface area contributed by atoms with Crippen LogP contribution in [-0.4, -0.2) is 28.5 Å². The fraction of sp³-hybridized carbons (Fsp3) is 1.00. The van der Waals surface area contributed by atoms with Crippen molar-refractivity contribution in [2.75, 3.05) is 0 Å². The van der Waals surface area contributed by atoms with Crippen LogP contribution in [0.3, 0.4) is 0 Å². The van der Waals surface area contributed by atoms with Crippen LogP contribution in [0.15, 0.2) is 0 Å². The summed E-state index contributed by atoms with van der Waals surface area (Å²) in [6.07, 6.45) is 0. The van der Waals surface area contributed by atoms with Crippen LogP contribution in [0, 0.1) is 0 Å². The second kappa shape index (κ2) is 28.8. The average Bonchev–Trinajstić information content (AvgIpc) is 0. The first-order valence-corrected chi connectivity index (χ1v) is 0. The van der Waals surface area contributed by atoms with E-state index in [1.165, 1.54) is 0 Å². The topological polar surface area (TPSA) is 31.5 Å². The molecule has 0 saturated heterocycles. The second-order valence-corrected chi connectivity index (χ2v) is 0. The molecule has 2 N–H and O–H groups in total. The van der Waals surface area contributed by atoms with Gasteiger partial charge in [0.05, 0.1) is 0 Å². The van der Waals surface area contributed by atoms with Gasteiger partial charge in [-0.1, -0.05) is 7.43 Å². The van der Waals surface area contributed by atoms with Crippen molar-refractivity contribution in [1.29, 1.82) is 0 Å². The molecule has 0 aliphatic heterocycles. The van der Waals surface area contributed by atoms with E-state index in [0.29, 0.717) is 0 Å². The Morgan fingerprint density at radius 1 is 1.25 bits per heavy atom. The van der Waals surface area contributed by atoms with Crippen molar-refractivity contribution in [3.05, 3.63) is 0 Å². The second-order valence-electron chi connectivity index (χ2n) is 0. The van der Waals surface area contributed by atoms with E-state index in [-0.39, 0.29) is 55.9 Å². The average molecular weight is 116 g/mol. The summed E-state index contributed by atoms with van der Waals surface area (Å²) in [5.74, 6) is 0. The van der Waals surface area contributed by atoms with Gasteiger partial charge in [-0.05, 0) is 0 Å². The van der Waals surface area contributed by atoms with Crippen molar-refractivity contribution < 1.29 is 25.4 Å². The first-order chi connectivity index (χ1) is 0. The maximum absolute atomic E-state index is 0. The SMILES string of the molecule is C.O.[Fe].[H-].[H-].[Mg+2]. The zero-order chi connectivity index (χ0) is 0. The van der Waals surface area contributed by atoms with Crippen molar-refractivity contribution >= 4 is 23.1 Å². The number of hydrogen-bond acceptors (Lipinski definition) is 0. The summed E-state index contributed by atoms with van der Waals surface area (Å²) in [6, 6.07) is 0. The Morgan fingerprint density at radius 2 is 1.25 bits per heavy atom. The Labute approximate surface area is 56.1 Å². The zero-order valence-electron chi connectivity index (χ0n) is 3.56. The summed E-state index contributed by atoms with van der Waals surface area (Å²) in [7, 11) is 0. The quantitative estimate of drug-likeness (QED) is 0.388. The molecule has 0 amide bonds. The van der Waals surface area contributed by atoms with E-state index in [4.69, 9.17) is 0 Å². The minimum Gasteiger partial charge on any atom is -1.00 e. The van der Waals surface area contributed by atoms with Crippen molar-refractivity contribution in [3.63, 3.8) is 0 Å². The molecule has 0 atom stereocenters. The molecule has 0 aliphatic carbocycles. The van der Waals surface area contributed by atoms with Crippen molar-refractivity contribution in [2.24, 2.45) is 0 Å². The third-order valence-corrected chi connectivity index (χ3v) is 0. The summed E-state index contributed by atoms with van der Waals surface area (Å²) >= 11 is 0. The largest absolute Gasteiger partial charge is 2.00 e. The predicted molar refractivity (Wildman–Crippen MR) is 18.3 cm³/mol. The van der Waals surface area contributed by atoms with E-state index >= 15 is 0 Å². The van der Waals surface area contributed by atoms with Crippen LogP contribution in [0.25, 0.3) is 0 Å². The summed E-state index contributed by atoms with van der Waals surface area (Å²) in [6.45, 7) is 0. The summed E-state index contributed by atoms with van der Waals surface area (Å²) in [5.41, 5.74) is 0. The standard InChI is InChI=1S/CH4.Fe.Mg.H2O.2H/h1H4;;;1H2;;/q;;+2;;2*-1. The molecule has 0 rings (SSSR count). The maximum atomic E-state index is 0. The Bertz CT molecular complexity index is 13.5. The number of rotatable bonds is 0. The van der Waals surface area contributed by atoms with E-state index in [9.17, 15) is 0 Å². The molecule has 1 nitrogen and oxygen atoms in total. The van der Waals surface area contributed by atoms with Crippen LogP contribution in [0.1, 0.15) is 10.3 Å². The van der Waals surface area contributed by atoms with E-state index in [0.717, 1.165) is 0 Å². The monoisotopic (exact) mass is 116 g/mol. The van der Waals surface area contributed by atoms with E-state index in [2.05, 4.69) is 0 Å². The van der Waals surface area contributed by atoms with Gasteiger partial charge in [-0.15, -0.1) is 0 Å². The molecule has 0 saturated carbocycles. The molecule has 0 aromatic rings. The Hall–Kier alpha value is 1.25. The van der Waals surface area contributed by atoms with Crippen LogP contribution >= 0.6 is 0 Å². The molecule has 28 valence electrons. The van der Waals surface area contributed by atoms with Crippen LogP contribution < -0.4 is 0 Å². The minimum atomic E-state index is 0. The molecular formula is CH8FeMgO. The molecule has 3 heteroatoms. The van der Waals surface area contributed by atoms with Crippen LogP contribution in [0.5, 0.6) is 0 Å². The molecule has 0 aromatic heterocycles. The zero-order valence-corrected chi connectivity index (χ0v) is 4.08. The van der Waals surface area contributed by atoms with Crippen molar-refractivity contribution in [3.8, 4) is 0 Å². The van der Waals surface area contributed by atoms with Crippen LogP contribution in [0.2, 0.25) is 0 Å². The van der Waals surface area contributed by atoms with Gasteiger partial charge in [0.1, 0.15) is 0 Å². The molecule has 0 bridgehead atoms. The first kappa shape index (κ1) is 60.9. The molecule has 0 radical (unpaired) electrons. The molecule has 0 aromatic carbocycles. The van der Waals surface area contributed by atoms with Gasteiger partial charge in [-0.2, -0.15) is 0 Å². The van der Waals surface area contributed by atoms with E-state index in [1.807, 2.05) is 0 Å². The Kier molecular flexibility index (Phi) is 439. The van der Waals surface area contributed by atoms with Gasteiger partial charge >= 0.3 is 23.1 Å². The smallest absolute Gasteiger partial charge is 1.00 e. The van der Waals surface area contributed by atoms with Gasteiger partial charge in [0, 0.05) is 17.1 Å². The molecule has 0 unspecified atom stereocenters. The summed E-state index contributed by atoms with van der Waals surface area (Å²) in [4.78, 5) is 0. The minimum absolute atomic E-state index is 0. The molecule has 0 heterocycles. The normalized spacial score (nSPS) is 0. The molecule has 0 aliphatic rings. The van der Waals surface area contributed by atoms with Gasteiger partial charge in [0.15, 0.2) is 0 Å². The summed E-state index contributed by atoms with van der Waals surface area (Å²) in [5, 5.41) is 0. The van der Waals surface area contributed by atoms with Crippen LogP contribution in [-0.2, 0) is 17.1 Å². The third kappa shape index (κ3) is 10.5. The molecule has 4 heavy (non-hydrogen) atoms. The van der Waals surface area contributed by atoms with E-state index in [1.54, 1.807) is 0 Å². The molecule has 0 spiro atoms. The van der Waals surface area contributed by atoms with Crippen LogP contribution in [0.4, 0.5) is 0 Å². The van der Waals surface area contributed by atoms with Gasteiger partial charge in [0.25, 0.3) is 0 Å². The Balaban J connectivity index is 0. The molecule has 0 fully saturated rings. The van der Waals surface area contributed by atoms with Crippen molar-refractivity contribution in [1.82, 2.24) is 0 Å². The van der Waals surface area contributed by atoms with Crippen molar-refractivity contribution in [2.45, 2.75) is 7.43 Å². The third-order valence-electron chi connectivity index (χ3n) is 0. The van der Waals surface area contributed by atoms with Gasteiger partial charge in [0.2, 0.25) is 0 Å². The predicted octanol–water partition coefficient (Wildman–Crippen LogP) is -0.347. The van der Waals surface area contributed by atoms with Gasteiger partial charge in [-0.3, -0.25) is 0 Å². The van der Waals surface area contributed by atoms with Gasteiger partial charge in [-0.25, -0.2) is 0 Å². The fourth-order valence-electron chi connectivity index (χ4n) is 0. The first-order valence-electron chi connectivity index (χ1n) is 0. The fourth-order valence-corrected chi connectivity index (χ4v) is 0. The Morgan fingerprint density at radius 3 is 1.25 bits per heavy atom. The number of hydrogen-bond donors (Lipinski definition) is 0. The summed E-state index contributed by atoms with van der Waals surface area (Å²) < 4.78 is 0. The molecular weight excluding hydrogens is 108 g/mol. The van der Waals surface area contributed by atoms with Gasteiger partial charge < -0.3 is 8.33 Å². The maximum Gasteiger partial charge on any atom is 2.00 e.